The summed E-state index contributed by atoms with van der Waals surface area (Å²) in [6.45, 7) is 2.02. The van der Waals surface area contributed by atoms with Crippen LogP contribution in [0, 0.1) is 6.92 Å². The van der Waals surface area contributed by atoms with Gasteiger partial charge in [-0.1, -0.05) is 54.6 Å². The van der Waals surface area contributed by atoms with Crippen molar-refractivity contribution in [2.45, 2.75) is 16.8 Å². The molecule has 3 aromatic carbocycles. The standard InChI is InChI=1S/C29H21N3O2S/c1-20-12-15-28(31-19-20)32-26-10-3-2-9-24(26)25-14-13-22(18-27(25)32)21-7-6-8-23(17-21)35(33,34)29-11-4-5-16-30-29/h2-19H,1H3. The maximum atomic E-state index is 13.1. The van der Waals surface area contributed by atoms with Crippen molar-refractivity contribution in [1.29, 1.82) is 0 Å². The number of fused-ring (bicyclic) bond motifs is 3. The van der Waals surface area contributed by atoms with E-state index < -0.39 is 9.84 Å². The van der Waals surface area contributed by atoms with Gasteiger partial charge in [0.05, 0.1) is 15.9 Å². The molecule has 0 radical (unpaired) electrons. The van der Waals surface area contributed by atoms with Crippen molar-refractivity contribution in [3.63, 3.8) is 0 Å². The summed E-state index contributed by atoms with van der Waals surface area (Å²) in [6.07, 6.45) is 3.36. The van der Waals surface area contributed by atoms with Gasteiger partial charge in [-0.15, -0.1) is 0 Å². The van der Waals surface area contributed by atoms with E-state index in [0.29, 0.717) is 0 Å². The van der Waals surface area contributed by atoms with E-state index in [0.717, 1.165) is 44.3 Å². The van der Waals surface area contributed by atoms with Crippen LogP contribution < -0.4 is 0 Å². The number of benzene rings is 3. The molecule has 0 fully saturated rings. The third kappa shape index (κ3) is 3.59. The smallest absolute Gasteiger partial charge is 0.223 e. The van der Waals surface area contributed by atoms with E-state index in [4.69, 9.17) is 0 Å². The predicted octanol–water partition coefficient (Wildman–Crippen LogP) is 6.38. The maximum Gasteiger partial charge on any atom is 0.223 e. The average molecular weight is 476 g/mol. The molecule has 0 bridgehead atoms. The van der Waals surface area contributed by atoms with E-state index in [1.54, 1.807) is 30.3 Å². The second kappa shape index (κ2) is 8.18. The topological polar surface area (TPSA) is 64.8 Å². The Morgan fingerprint density at radius 3 is 2.29 bits per heavy atom. The molecule has 0 aliphatic heterocycles. The highest BCUT2D eigenvalue weighted by atomic mass is 32.2. The van der Waals surface area contributed by atoms with Gasteiger partial charge in [-0.25, -0.2) is 18.4 Å². The fraction of sp³-hybridized carbons (Fsp3) is 0.0345. The molecule has 0 saturated heterocycles. The van der Waals surface area contributed by atoms with Gasteiger partial charge >= 0.3 is 0 Å². The Labute approximate surface area is 203 Å². The van der Waals surface area contributed by atoms with E-state index in [1.807, 2.05) is 43.5 Å². The molecule has 0 aliphatic carbocycles. The molecule has 6 heteroatoms. The van der Waals surface area contributed by atoms with Crippen LogP contribution in [0.1, 0.15) is 5.56 Å². The molecule has 0 atom stereocenters. The van der Waals surface area contributed by atoms with Crippen molar-refractivity contribution in [3.05, 3.63) is 115 Å². The molecule has 35 heavy (non-hydrogen) atoms. The first-order chi connectivity index (χ1) is 17.0. The van der Waals surface area contributed by atoms with Crippen LogP contribution in [-0.2, 0) is 9.84 Å². The highest BCUT2D eigenvalue weighted by Crippen LogP contribution is 2.35. The van der Waals surface area contributed by atoms with Crippen molar-refractivity contribution < 1.29 is 8.42 Å². The average Bonchev–Trinajstić information content (AvgIpc) is 3.23. The summed E-state index contributed by atoms with van der Waals surface area (Å²) in [7, 11) is -3.71. The summed E-state index contributed by atoms with van der Waals surface area (Å²) in [6, 6.07) is 30.5. The lowest BCUT2D eigenvalue weighted by Gasteiger charge is -2.09. The number of rotatable bonds is 4. The lowest BCUT2D eigenvalue weighted by molar-refractivity contribution is 0.592. The Hall–Kier alpha value is -4.29. The second-order valence-corrected chi connectivity index (χ2v) is 10.4. The van der Waals surface area contributed by atoms with E-state index in [1.165, 1.54) is 12.3 Å². The van der Waals surface area contributed by atoms with Gasteiger partial charge < -0.3 is 0 Å². The molecule has 0 N–H and O–H groups in total. The third-order valence-electron chi connectivity index (χ3n) is 6.19. The molecular weight excluding hydrogens is 454 g/mol. The molecule has 6 rings (SSSR count). The van der Waals surface area contributed by atoms with E-state index >= 15 is 0 Å². The molecule has 0 unspecified atom stereocenters. The molecule has 6 aromatic rings. The Bertz CT molecular complexity index is 1810. The number of hydrogen-bond donors (Lipinski definition) is 0. The Morgan fingerprint density at radius 1 is 0.686 bits per heavy atom. The highest BCUT2D eigenvalue weighted by molar-refractivity contribution is 7.91. The third-order valence-corrected chi connectivity index (χ3v) is 7.86. The van der Waals surface area contributed by atoms with Gasteiger partial charge in [0.2, 0.25) is 9.84 Å². The molecule has 0 saturated carbocycles. The van der Waals surface area contributed by atoms with Crippen molar-refractivity contribution in [2.75, 3.05) is 0 Å². The molecule has 0 amide bonds. The second-order valence-electron chi connectivity index (χ2n) is 8.48. The zero-order chi connectivity index (χ0) is 24.0. The van der Waals surface area contributed by atoms with Gasteiger partial charge in [0.1, 0.15) is 5.82 Å². The Morgan fingerprint density at radius 2 is 1.49 bits per heavy atom. The van der Waals surface area contributed by atoms with Gasteiger partial charge in [-0.2, -0.15) is 0 Å². The van der Waals surface area contributed by atoms with Gasteiger partial charge in [-0.3, -0.25) is 4.57 Å². The normalized spacial score (nSPS) is 11.8. The van der Waals surface area contributed by atoms with Crippen LogP contribution in [0.15, 0.2) is 119 Å². The first-order valence-electron chi connectivity index (χ1n) is 11.3. The van der Waals surface area contributed by atoms with E-state index in [2.05, 4.69) is 44.9 Å². The summed E-state index contributed by atoms with van der Waals surface area (Å²) in [5.41, 5.74) is 4.92. The number of sulfone groups is 1. The molecule has 3 heterocycles. The number of aryl methyl sites for hydroxylation is 1. The first kappa shape index (κ1) is 21.3. The predicted molar refractivity (Wildman–Crippen MR) is 138 cm³/mol. The van der Waals surface area contributed by atoms with Crippen molar-refractivity contribution in [2.24, 2.45) is 0 Å². The monoisotopic (exact) mass is 475 g/mol. The maximum absolute atomic E-state index is 13.1. The summed E-state index contributed by atoms with van der Waals surface area (Å²) in [5.74, 6) is 0.838. The highest BCUT2D eigenvalue weighted by Gasteiger charge is 2.20. The van der Waals surface area contributed by atoms with Crippen LogP contribution in [0.25, 0.3) is 38.8 Å². The van der Waals surface area contributed by atoms with Crippen LogP contribution in [0.3, 0.4) is 0 Å². The number of aromatic nitrogens is 3. The molecule has 0 aliphatic rings. The van der Waals surface area contributed by atoms with Crippen molar-refractivity contribution in [3.8, 4) is 16.9 Å². The minimum absolute atomic E-state index is 0.0400. The molecular formula is C29H21N3O2S. The Balaban J connectivity index is 1.55. The quantitative estimate of drug-likeness (QED) is 0.297. The molecule has 0 spiro atoms. The SMILES string of the molecule is Cc1ccc(-n2c3ccccc3c3ccc(-c4cccc(S(=O)(=O)c5ccccn5)c4)cc32)nc1. The lowest BCUT2D eigenvalue weighted by atomic mass is 10.0. The summed E-state index contributed by atoms with van der Waals surface area (Å²) < 4.78 is 28.4. The molecule has 170 valence electrons. The van der Waals surface area contributed by atoms with Gasteiger partial charge in [0.25, 0.3) is 0 Å². The largest absolute Gasteiger partial charge is 0.294 e. The van der Waals surface area contributed by atoms with Crippen LogP contribution in [0.4, 0.5) is 0 Å². The summed E-state index contributed by atoms with van der Waals surface area (Å²) in [5, 5.41) is 2.30. The fourth-order valence-corrected chi connectivity index (χ4v) is 5.70. The van der Waals surface area contributed by atoms with Crippen molar-refractivity contribution in [1.82, 2.24) is 14.5 Å². The van der Waals surface area contributed by atoms with Gasteiger partial charge in [0.15, 0.2) is 5.03 Å². The summed E-state index contributed by atoms with van der Waals surface area (Å²) in [4.78, 5) is 8.94. The van der Waals surface area contributed by atoms with Gasteiger partial charge in [0, 0.05) is 23.2 Å². The Kier molecular flexibility index (Phi) is 4.97. The molecule has 3 aromatic heterocycles. The number of nitrogens with zero attached hydrogens (tertiary/aromatic N) is 3. The van der Waals surface area contributed by atoms with E-state index in [9.17, 15) is 8.42 Å². The minimum atomic E-state index is -3.71. The lowest BCUT2D eigenvalue weighted by Crippen LogP contribution is -2.04. The summed E-state index contributed by atoms with van der Waals surface area (Å²) >= 11 is 0. The van der Waals surface area contributed by atoms with Crippen LogP contribution in [0.5, 0.6) is 0 Å². The number of pyridine rings is 2. The number of hydrogen-bond acceptors (Lipinski definition) is 4. The van der Waals surface area contributed by atoms with Crippen LogP contribution >= 0.6 is 0 Å². The zero-order valence-electron chi connectivity index (χ0n) is 19.0. The first-order valence-corrected chi connectivity index (χ1v) is 12.7. The fourth-order valence-electron chi connectivity index (χ4n) is 4.46. The minimum Gasteiger partial charge on any atom is -0.294 e. The van der Waals surface area contributed by atoms with Gasteiger partial charge in [-0.05, 0) is 66.1 Å². The van der Waals surface area contributed by atoms with Crippen molar-refractivity contribution >= 4 is 31.6 Å². The van der Waals surface area contributed by atoms with E-state index in [-0.39, 0.29) is 9.92 Å². The zero-order valence-corrected chi connectivity index (χ0v) is 19.8. The number of para-hydroxylation sites is 1. The molecule has 5 nitrogen and oxygen atoms in total. The van der Waals surface area contributed by atoms with Crippen LogP contribution in [-0.4, -0.2) is 23.0 Å². The van der Waals surface area contributed by atoms with Crippen LogP contribution in [0.2, 0.25) is 0 Å².